The number of aromatic nitrogens is 1. The van der Waals surface area contributed by atoms with E-state index in [0.717, 1.165) is 37.7 Å². The van der Waals surface area contributed by atoms with E-state index in [4.69, 9.17) is 4.74 Å². The fraction of sp³-hybridized carbons (Fsp3) is 0.667. The molecule has 0 aromatic carbocycles. The smallest absolute Gasteiger partial charge is 0.253 e. The van der Waals surface area contributed by atoms with Gasteiger partial charge in [-0.1, -0.05) is 18.9 Å². The minimum atomic E-state index is 0.156. The summed E-state index contributed by atoms with van der Waals surface area (Å²) in [5.74, 6) is 0.841. The minimum Gasteiger partial charge on any atom is -0.381 e. The zero-order valence-electron chi connectivity index (χ0n) is 11.2. The SMILES string of the molecule is Cc1cccn(CCCCC2CCOCC2)c1=O. The maximum atomic E-state index is 11.8. The van der Waals surface area contributed by atoms with Crippen molar-refractivity contribution in [2.24, 2.45) is 5.92 Å². The van der Waals surface area contributed by atoms with E-state index in [9.17, 15) is 4.79 Å². The summed E-state index contributed by atoms with van der Waals surface area (Å²) < 4.78 is 7.19. The molecule has 100 valence electrons. The lowest BCUT2D eigenvalue weighted by Crippen LogP contribution is -2.21. The van der Waals surface area contributed by atoms with Crippen LogP contribution in [0.25, 0.3) is 0 Å². The Morgan fingerprint density at radius 2 is 2.11 bits per heavy atom. The quantitative estimate of drug-likeness (QED) is 0.751. The Bertz CT molecular complexity index is 419. The van der Waals surface area contributed by atoms with Crippen LogP contribution in [0.1, 0.15) is 37.7 Å². The number of ether oxygens (including phenoxy) is 1. The summed E-state index contributed by atoms with van der Waals surface area (Å²) in [6.07, 6.45) is 7.91. The molecule has 0 amide bonds. The second-order valence-corrected chi connectivity index (χ2v) is 5.24. The van der Waals surface area contributed by atoms with Gasteiger partial charge in [-0.15, -0.1) is 0 Å². The monoisotopic (exact) mass is 249 g/mol. The molecule has 1 aromatic rings. The topological polar surface area (TPSA) is 31.2 Å². The zero-order chi connectivity index (χ0) is 12.8. The molecule has 18 heavy (non-hydrogen) atoms. The Balaban J connectivity index is 1.71. The number of rotatable bonds is 5. The maximum absolute atomic E-state index is 11.8. The van der Waals surface area contributed by atoms with E-state index in [0.29, 0.717) is 0 Å². The summed E-state index contributed by atoms with van der Waals surface area (Å²) in [5.41, 5.74) is 0.991. The van der Waals surface area contributed by atoms with Gasteiger partial charge in [-0.3, -0.25) is 4.79 Å². The number of unbranched alkanes of at least 4 members (excludes halogenated alkanes) is 1. The molecule has 0 saturated carbocycles. The maximum Gasteiger partial charge on any atom is 0.253 e. The van der Waals surface area contributed by atoms with Gasteiger partial charge in [0, 0.05) is 31.5 Å². The van der Waals surface area contributed by atoms with Crippen LogP contribution in [0.4, 0.5) is 0 Å². The third-order valence-electron chi connectivity index (χ3n) is 3.81. The third kappa shape index (κ3) is 3.70. The number of hydrogen-bond acceptors (Lipinski definition) is 2. The molecule has 0 unspecified atom stereocenters. The van der Waals surface area contributed by atoms with E-state index < -0.39 is 0 Å². The highest BCUT2D eigenvalue weighted by Crippen LogP contribution is 2.20. The molecule has 0 radical (unpaired) electrons. The molecule has 0 bridgehead atoms. The van der Waals surface area contributed by atoms with Crippen LogP contribution in [-0.2, 0) is 11.3 Å². The molecule has 0 atom stereocenters. The minimum absolute atomic E-state index is 0.156. The van der Waals surface area contributed by atoms with Crippen LogP contribution in [0.3, 0.4) is 0 Å². The summed E-state index contributed by atoms with van der Waals surface area (Å²) in [7, 11) is 0. The first-order valence-electron chi connectivity index (χ1n) is 7.01. The molecular formula is C15H23NO2. The van der Waals surface area contributed by atoms with Gasteiger partial charge in [-0.2, -0.15) is 0 Å². The number of hydrogen-bond donors (Lipinski definition) is 0. The molecular weight excluding hydrogens is 226 g/mol. The zero-order valence-corrected chi connectivity index (χ0v) is 11.2. The summed E-state index contributed by atoms with van der Waals surface area (Å²) in [5, 5.41) is 0. The van der Waals surface area contributed by atoms with Gasteiger partial charge in [0.1, 0.15) is 0 Å². The molecule has 2 heterocycles. The lowest BCUT2D eigenvalue weighted by molar-refractivity contribution is 0.0630. The highest BCUT2D eigenvalue weighted by Gasteiger charge is 2.12. The second-order valence-electron chi connectivity index (χ2n) is 5.24. The average Bonchev–Trinajstić information content (AvgIpc) is 2.40. The van der Waals surface area contributed by atoms with E-state index >= 15 is 0 Å². The van der Waals surface area contributed by atoms with Gasteiger partial charge in [-0.25, -0.2) is 0 Å². The summed E-state index contributed by atoms with van der Waals surface area (Å²) in [6.45, 7) is 4.59. The van der Waals surface area contributed by atoms with Crippen molar-refractivity contribution < 1.29 is 4.74 Å². The van der Waals surface area contributed by atoms with Crippen molar-refractivity contribution in [2.45, 2.75) is 45.6 Å². The molecule has 3 nitrogen and oxygen atoms in total. The lowest BCUT2D eigenvalue weighted by atomic mass is 9.94. The Hall–Kier alpha value is -1.09. The predicted molar refractivity (Wildman–Crippen MR) is 72.8 cm³/mol. The molecule has 0 aliphatic carbocycles. The van der Waals surface area contributed by atoms with Crippen molar-refractivity contribution in [1.82, 2.24) is 4.57 Å². The largest absolute Gasteiger partial charge is 0.381 e. The molecule has 2 rings (SSSR count). The molecule has 3 heteroatoms. The highest BCUT2D eigenvalue weighted by atomic mass is 16.5. The van der Waals surface area contributed by atoms with E-state index in [2.05, 4.69) is 0 Å². The molecule has 1 aromatic heterocycles. The molecule has 1 aliphatic heterocycles. The van der Waals surface area contributed by atoms with Crippen LogP contribution in [0.2, 0.25) is 0 Å². The van der Waals surface area contributed by atoms with Crippen LogP contribution in [-0.4, -0.2) is 17.8 Å². The van der Waals surface area contributed by atoms with Gasteiger partial charge >= 0.3 is 0 Å². The predicted octanol–water partition coefficient (Wildman–Crippen LogP) is 2.75. The summed E-state index contributed by atoms with van der Waals surface area (Å²) in [4.78, 5) is 11.8. The average molecular weight is 249 g/mol. The highest BCUT2D eigenvalue weighted by molar-refractivity contribution is 5.07. The van der Waals surface area contributed by atoms with E-state index in [-0.39, 0.29) is 5.56 Å². The molecule has 1 saturated heterocycles. The van der Waals surface area contributed by atoms with Crippen LogP contribution in [0, 0.1) is 12.8 Å². The molecule has 0 N–H and O–H groups in total. The number of pyridine rings is 1. The summed E-state index contributed by atoms with van der Waals surface area (Å²) in [6, 6.07) is 3.83. The fourth-order valence-corrected chi connectivity index (χ4v) is 2.58. The normalized spacial score (nSPS) is 16.9. The first kappa shape index (κ1) is 13.3. The Morgan fingerprint density at radius 1 is 1.33 bits per heavy atom. The Morgan fingerprint density at radius 3 is 2.89 bits per heavy atom. The van der Waals surface area contributed by atoms with Crippen LogP contribution in [0.15, 0.2) is 23.1 Å². The van der Waals surface area contributed by atoms with Gasteiger partial charge in [-0.05, 0) is 38.2 Å². The number of aryl methyl sites for hydroxylation is 2. The van der Waals surface area contributed by atoms with Crippen LogP contribution in [0.5, 0.6) is 0 Å². The number of nitrogens with zero attached hydrogens (tertiary/aromatic N) is 1. The fourth-order valence-electron chi connectivity index (χ4n) is 2.58. The van der Waals surface area contributed by atoms with Crippen molar-refractivity contribution in [3.05, 3.63) is 34.2 Å². The lowest BCUT2D eigenvalue weighted by Gasteiger charge is -2.21. The van der Waals surface area contributed by atoms with Gasteiger partial charge in [0.15, 0.2) is 0 Å². The van der Waals surface area contributed by atoms with E-state index in [1.54, 1.807) is 0 Å². The molecule has 1 aliphatic rings. The molecule has 1 fully saturated rings. The molecule has 0 spiro atoms. The second kappa shape index (κ2) is 6.74. The Kier molecular flexibility index (Phi) is 5.00. The van der Waals surface area contributed by atoms with Crippen molar-refractivity contribution in [3.63, 3.8) is 0 Å². The van der Waals surface area contributed by atoms with Crippen molar-refractivity contribution in [1.29, 1.82) is 0 Å². The van der Waals surface area contributed by atoms with E-state index in [1.165, 1.54) is 25.7 Å². The van der Waals surface area contributed by atoms with Crippen LogP contribution >= 0.6 is 0 Å². The van der Waals surface area contributed by atoms with Crippen molar-refractivity contribution >= 4 is 0 Å². The Labute approximate surface area is 109 Å². The third-order valence-corrected chi connectivity index (χ3v) is 3.81. The summed E-state index contributed by atoms with van der Waals surface area (Å²) >= 11 is 0. The van der Waals surface area contributed by atoms with Gasteiger partial charge in [0.2, 0.25) is 0 Å². The van der Waals surface area contributed by atoms with Gasteiger partial charge in [0.05, 0.1) is 0 Å². The van der Waals surface area contributed by atoms with Crippen molar-refractivity contribution in [3.8, 4) is 0 Å². The standard InChI is InChI=1S/C15H23NO2/c1-13-5-4-10-16(15(13)17)9-3-2-6-14-7-11-18-12-8-14/h4-5,10,14H,2-3,6-9,11-12H2,1H3. The van der Waals surface area contributed by atoms with Gasteiger partial charge < -0.3 is 9.30 Å². The van der Waals surface area contributed by atoms with E-state index in [1.807, 2.05) is 29.8 Å². The van der Waals surface area contributed by atoms with Crippen LogP contribution < -0.4 is 5.56 Å². The van der Waals surface area contributed by atoms with Gasteiger partial charge in [0.25, 0.3) is 5.56 Å². The first-order chi connectivity index (χ1) is 8.77. The van der Waals surface area contributed by atoms with Crippen molar-refractivity contribution in [2.75, 3.05) is 13.2 Å². The first-order valence-corrected chi connectivity index (χ1v) is 7.01.